The summed E-state index contributed by atoms with van der Waals surface area (Å²) in [6.07, 6.45) is 0.636. The Balaban J connectivity index is 2.43. The van der Waals surface area contributed by atoms with Gasteiger partial charge in [0.2, 0.25) is 0 Å². The highest BCUT2D eigenvalue weighted by Gasteiger charge is 2.54. The molecule has 1 fully saturated rings. The summed E-state index contributed by atoms with van der Waals surface area (Å²) in [7, 11) is 1.31. The number of aryl methyl sites for hydroxylation is 2. The lowest BCUT2D eigenvalue weighted by atomic mass is 9.84. The van der Waals surface area contributed by atoms with Crippen LogP contribution in [0.2, 0.25) is 0 Å². The van der Waals surface area contributed by atoms with Gasteiger partial charge >= 0.3 is 5.97 Å². The predicted octanol–water partition coefficient (Wildman–Crippen LogP) is 1.87. The van der Waals surface area contributed by atoms with Crippen molar-refractivity contribution >= 4 is 5.97 Å². The highest BCUT2D eigenvalue weighted by molar-refractivity contribution is 5.78. The van der Waals surface area contributed by atoms with Crippen molar-refractivity contribution in [3.63, 3.8) is 0 Å². The molecule has 2 rings (SSSR count). The zero-order valence-electron chi connectivity index (χ0n) is 10.5. The van der Waals surface area contributed by atoms with E-state index in [9.17, 15) is 9.90 Å². The van der Waals surface area contributed by atoms with Gasteiger partial charge in [0.05, 0.1) is 7.11 Å². The fourth-order valence-corrected chi connectivity index (χ4v) is 2.73. The highest BCUT2D eigenvalue weighted by Crippen LogP contribution is 2.53. The van der Waals surface area contributed by atoms with E-state index in [0.717, 1.165) is 29.5 Å². The molecule has 1 unspecified atom stereocenters. The lowest BCUT2D eigenvalue weighted by molar-refractivity contribution is -0.152. The van der Waals surface area contributed by atoms with Crippen LogP contribution in [-0.4, -0.2) is 24.3 Å². The highest BCUT2D eigenvalue weighted by atomic mass is 16.5. The Kier molecular flexibility index (Phi) is 2.96. The summed E-state index contributed by atoms with van der Waals surface area (Å²) < 4.78 is 4.65. The van der Waals surface area contributed by atoms with Crippen LogP contribution < -0.4 is 0 Å². The maximum Gasteiger partial charge on any atom is 0.335 e. The number of rotatable bonds is 3. The Morgan fingerprint density at radius 1 is 1.35 bits per heavy atom. The minimum absolute atomic E-state index is 0.414. The Morgan fingerprint density at radius 2 is 1.88 bits per heavy atom. The Bertz CT molecular complexity index is 427. The molecule has 0 aromatic heterocycles. The minimum atomic E-state index is -1.05. The van der Waals surface area contributed by atoms with Crippen molar-refractivity contribution in [1.29, 1.82) is 0 Å². The SMILES string of the molecule is COC(=O)C(O)C1(c2c(C)cccc2C)CC1. The smallest absolute Gasteiger partial charge is 0.335 e. The maximum absolute atomic E-state index is 11.5. The summed E-state index contributed by atoms with van der Waals surface area (Å²) in [5.74, 6) is -0.537. The van der Waals surface area contributed by atoms with Gasteiger partial charge in [-0.2, -0.15) is 0 Å². The van der Waals surface area contributed by atoms with Crippen LogP contribution in [0.5, 0.6) is 0 Å². The molecule has 0 heterocycles. The fraction of sp³-hybridized carbons (Fsp3) is 0.500. The first kappa shape index (κ1) is 12.1. The lowest BCUT2D eigenvalue weighted by Gasteiger charge is -2.24. The molecule has 0 aliphatic heterocycles. The molecule has 1 N–H and O–H groups in total. The summed E-state index contributed by atoms with van der Waals surface area (Å²) in [4.78, 5) is 11.5. The number of hydrogen-bond acceptors (Lipinski definition) is 3. The second-order valence-corrected chi connectivity index (χ2v) is 4.85. The second-order valence-electron chi connectivity index (χ2n) is 4.85. The molecular formula is C14H18O3. The Hall–Kier alpha value is -1.35. The van der Waals surface area contributed by atoms with Gasteiger partial charge in [0, 0.05) is 5.41 Å². The maximum atomic E-state index is 11.5. The van der Waals surface area contributed by atoms with Gasteiger partial charge in [-0.3, -0.25) is 0 Å². The van der Waals surface area contributed by atoms with Gasteiger partial charge in [0.25, 0.3) is 0 Å². The van der Waals surface area contributed by atoms with E-state index in [2.05, 4.69) is 4.74 Å². The molecule has 0 bridgehead atoms. The topological polar surface area (TPSA) is 46.5 Å². The third-order valence-corrected chi connectivity index (χ3v) is 3.72. The van der Waals surface area contributed by atoms with E-state index in [-0.39, 0.29) is 0 Å². The zero-order valence-corrected chi connectivity index (χ0v) is 10.5. The quantitative estimate of drug-likeness (QED) is 0.812. The molecule has 17 heavy (non-hydrogen) atoms. The third-order valence-electron chi connectivity index (χ3n) is 3.72. The van der Waals surface area contributed by atoms with Crippen molar-refractivity contribution in [3.05, 3.63) is 34.9 Å². The van der Waals surface area contributed by atoms with Crippen LogP contribution in [0.4, 0.5) is 0 Å². The van der Waals surface area contributed by atoms with E-state index in [1.54, 1.807) is 0 Å². The van der Waals surface area contributed by atoms with Gasteiger partial charge in [-0.05, 0) is 43.4 Å². The Morgan fingerprint density at radius 3 is 2.29 bits per heavy atom. The number of benzene rings is 1. The molecule has 0 saturated heterocycles. The van der Waals surface area contributed by atoms with Crippen LogP contribution >= 0.6 is 0 Å². The minimum Gasteiger partial charge on any atom is -0.467 e. The standard InChI is InChI=1S/C14H18O3/c1-9-5-4-6-10(2)11(9)14(7-8-14)12(15)13(16)17-3/h4-6,12,15H,7-8H2,1-3H3. The first-order valence-corrected chi connectivity index (χ1v) is 5.85. The van der Waals surface area contributed by atoms with Gasteiger partial charge in [0.1, 0.15) is 0 Å². The predicted molar refractivity (Wildman–Crippen MR) is 64.9 cm³/mol. The first-order valence-electron chi connectivity index (χ1n) is 5.85. The van der Waals surface area contributed by atoms with E-state index >= 15 is 0 Å². The molecule has 0 spiro atoms. The molecule has 1 atom stereocenters. The zero-order chi connectivity index (χ0) is 12.6. The van der Waals surface area contributed by atoms with Gasteiger partial charge in [-0.25, -0.2) is 4.79 Å². The number of carbonyl (C=O) groups is 1. The lowest BCUT2D eigenvalue weighted by Crippen LogP contribution is -2.36. The van der Waals surface area contributed by atoms with Crippen LogP contribution in [0.25, 0.3) is 0 Å². The van der Waals surface area contributed by atoms with Crippen molar-refractivity contribution in [1.82, 2.24) is 0 Å². The van der Waals surface area contributed by atoms with E-state index in [1.807, 2.05) is 32.0 Å². The van der Waals surface area contributed by atoms with Crippen LogP contribution in [-0.2, 0) is 14.9 Å². The van der Waals surface area contributed by atoms with Crippen LogP contribution in [0, 0.1) is 13.8 Å². The molecule has 1 saturated carbocycles. The molecule has 0 radical (unpaired) electrons. The molecule has 1 aromatic rings. The molecule has 92 valence electrons. The van der Waals surface area contributed by atoms with E-state index in [0.29, 0.717) is 0 Å². The van der Waals surface area contributed by atoms with Gasteiger partial charge in [0.15, 0.2) is 6.10 Å². The number of methoxy groups -OCH3 is 1. The van der Waals surface area contributed by atoms with Gasteiger partial charge < -0.3 is 9.84 Å². The third kappa shape index (κ3) is 1.84. The van der Waals surface area contributed by atoms with Crippen molar-refractivity contribution in [2.24, 2.45) is 0 Å². The summed E-state index contributed by atoms with van der Waals surface area (Å²) in [5.41, 5.74) is 2.96. The average Bonchev–Trinajstić information content (AvgIpc) is 3.08. The average molecular weight is 234 g/mol. The number of carbonyl (C=O) groups excluding carboxylic acids is 1. The normalized spacial score (nSPS) is 18.6. The summed E-state index contributed by atoms with van der Waals surface area (Å²) in [6, 6.07) is 6.04. The monoisotopic (exact) mass is 234 g/mol. The van der Waals surface area contributed by atoms with Crippen LogP contribution in [0.15, 0.2) is 18.2 Å². The molecular weight excluding hydrogens is 216 g/mol. The van der Waals surface area contributed by atoms with Gasteiger partial charge in [-0.1, -0.05) is 18.2 Å². The van der Waals surface area contributed by atoms with E-state index in [4.69, 9.17) is 0 Å². The molecule has 1 aliphatic rings. The summed E-state index contributed by atoms with van der Waals surface area (Å²) in [5, 5.41) is 10.1. The largest absolute Gasteiger partial charge is 0.467 e. The van der Waals surface area contributed by atoms with Crippen molar-refractivity contribution < 1.29 is 14.6 Å². The molecule has 3 nitrogen and oxygen atoms in total. The number of hydrogen-bond donors (Lipinski definition) is 1. The number of ether oxygens (including phenoxy) is 1. The molecule has 1 aromatic carbocycles. The van der Waals surface area contributed by atoms with Crippen LogP contribution in [0.1, 0.15) is 29.5 Å². The molecule has 0 amide bonds. The second kappa shape index (κ2) is 4.15. The van der Waals surface area contributed by atoms with E-state index < -0.39 is 17.5 Å². The number of esters is 1. The number of aliphatic hydroxyl groups excluding tert-OH is 1. The first-order chi connectivity index (χ1) is 8.03. The molecule has 3 heteroatoms. The van der Waals surface area contributed by atoms with Gasteiger partial charge in [-0.15, -0.1) is 0 Å². The molecule has 1 aliphatic carbocycles. The van der Waals surface area contributed by atoms with Crippen molar-refractivity contribution in [2.45, 2.75) is 38.2 Å². The number of aliphatic hydroxyl groups is 1. The van der Waals surface area contributed by atoms with Crippen molar-refractivity contribution in [3.8, 4) is 0 Å². The summed E-state index contributed by atoms with van der Waals surface area (Å²) >= 11 is 0. The van der Waals surface area contributed by atoms with Crippen molar-refractivity contribution in [2.75, 3.05) is 7.11 Å². The van der Waals surface area contributed by atoms with Crippen LogP contribution in [0.3, 0.4) is 0 Å². The van der Waals surface area contributed by atoms with E-state index in [1.165, 1.54) is 7.11 Å². The Labute approximate surface area is 101 Å². The fourth-order valence-electron chi connectivity index (χ4n) is 2.73. The summed E-state index contributed by atoms with van der Waals surface area (Å²) in [6.45, 7) is 4.04.